The van der Waals surface area contributed by atoms with E-state index in [2.05, 4.69) is 30.9 Å². The molecule has 1 N–H and O–H groups in total. The highest BCUT2D eigenvalue weighted by molar-refractivity contribution is 6.31. The van der Waals surface area contributed by atoms with Crippen LogP contribution in [-0.4, -0.2) is 65.4 Å². The molecule has 8 nitrogen and oxygen atoms in total. The standard InChI is InChI=1S/C36H50ClN3O5/c1-35(2,3)45-34(43)40-17-9-10-25-12-13-27(38-32(25)40)11-7-6-8-16-39-18-14-24(15-19-39)31(33(41)42)28-21-30-26(20-29(28)37)22-36(4,5)23-44-30/h12-13,20-21,24,31H,6-11,14-19,22-23H2,1-5H3,(H,41,42)/t31-/m0/s1. The van der Waals surface area contributed by atoms with Crippen LogP contribution in [0.25, 0.3) is 0 Å². The molecule has 0 spiro atoms. The third kappa shape index (κ3) is 8.50. The number of fused-ring (bicyclic) bond motifs is 2. The minimum absolute atomic E-state index is 0.0416. The molecular weight excluding hydrogens is 590 g/mol. The molecule has 5 rings (SSSR count). The average Bonchev–Trinajstić information content (AvgIpc) is 2.96. The van der Waals surface area contributed by atoms with Gasteiger partial charge in [-0.25, -0.2) is 9.78 Å². The molecule has 1 saturated heterocycles. The Labute approximate surface area is 273 Å². The maximum Gasteiger partial charge on any atom is 0.416 e. The van der Waals surface area contributed by atoms with Gasteiger partial charge in [0.05, 0.1) is 12.5 Å². The Morgan fingerprint density at radius 1 is 1.11 bits per heavy atom. The van der Waals surface area contributed by atoms with E-state index in [4.69, 9.17) is 26.1 Å². The Kier molecular flexibility index (Phi) is 10.3. The van der Waals surface area contributed by atoms with E-state index in [1.165, 1.54) is 0 Å². The van der Waals surface area contributed by atoms with Crippen LogP contribution in [0.2, 0.25) is 5.02 Å². The molecule has 3 aliphatic rings. The molecular formula is C36H50ClN3O5. The van der Waals surface area contributed by atoms with E-state index in [1.54, 1.807) is 4.90 Å². The van der Waals surface area contributed by atoms with E-state index in [9.17, 15) is 14.7 Å². The first-order valence-corrected chi connectivity index (χ1v) is 17.1. The third-order valence-electron chi connectivity index (χ3n) is 9.29. The lowest BCUT2D eigenvalue weighted by atomic mass is 9.78. The number of hydrogen-bond donors (Lipinski definition) is 1. The molecule has 1 aromatic heterocycles. The fraction of sp³-hybridized carbons (Fsp3) is 0.639. The second kappa shape index (κ2) is 13.9. The average molecular weight is 640 g/mol. The highest BCUT2D eigenvalue weighted by atomic mass is 35.5. The molecule has 0 aliphatic carbocycles. The summed E-state index contributed by atoms with van der Waals surface area (Å²) in [4.78, 5) is 34.4. The van der Waals surface area contributed by atoms with Crippen LogP contribution in [-0.2, 0) is 28.8 Å². The van der Waals surface area contributed by atoms with Crippen molar-refractivity contribution in [2.75, 3.05) is 37.7 Å². The molecule has 0 radical (unpaired) electrons. The zero-order valence-corrected chi connectivity index (χ0v) is 28.4. The molecule has 1 fully saturated rings. The van der Waals surface area contributed by atoms with E-state index >= 15 is 0 Å². The van der Waals surface area contributed by atoms with Crippen molar-refractivity contribution in [1.29, 1.82) is 0 Å². The van der Waals surface area contributed by atoms with Crippen molar-refractivity contribution < 1.29 is 24.2 Å². The normalized spacial score (nSPS) is 19.3. The molecule has 0 bridgehead atoms. The van der Waals surface area contributed by atoms with Crippen LogP contribution < -0.4 is 9.64 Å². The van der Waals surface area contributed by atoms with Crippen LogP contribution >= 0.6 is 11.6 Å². The number of aliphatic carboxylic acids is 1. The van der Waals surface area contributed by atoms with Gasteiger partial charge in [-0.1, -0.05) is 37.9 Å². The lowest BCUT2D eigenvalue weighted by Crippen LogP contribution is -2.40. The van der Waals surface area contributed by atoms with Gasteiger partial charge < -0.3 is 19.5 Å². The predicted molar refractivity (Wildman–Crippen MR) is 178 cm³/mol. The van der Waals surface area contributed by atoms with Gasteiger partial charge in [0.25, 0.3) is 0 Å². The number of amides is 1. The van der Waals surface area contributed by atoms with E-state index in [0.29, 0.717) is 23.7 Å². The van der Waals surface area contributed by atoms with Gasteiger partial charge in [-0.3, -0.25) is 9.69 Å². The number of anilines is 1. The number of piperidine rings is 1. The molecule has 1 aromatic carbocycles. The van der Waals surface area contributed by atoms with Crippen molar-refractivity contribution in [1.82, 2.24) is 9.88 Å². The molecule has 0 saturated carbocycles. The molecule has 4 heterocycles. The molecule has 1 amide bonds. The Hall–Kier alpha value is -2.84. The number of aromatic nitrogens is 1. The number of aryl methyl sites for hydroxylation is 2. The van der Waals surface area contributed by atoms with Gasteiger partial charge in [0.15, 0.2) is 0 Å². The highest BCUT2D eigenvalue weighted by Gasteiger charge is 2.36. The molecule has 2 aromatic rings. The summed E-state index contributed by atoms with van der Waals surface area (Å²) in [6.07, 6.45) is 8.16. The second-order valence-corrected chi connectivity index (χ2v) is 15.3. The first kappa shape index (κ1) is 33.5. The predicted octanol–water partition coefficient (Wildman–Crippen LogP) is 7.68. The summed E-state index contributed by atoms with van der Waals surface area (Å²) in [6.45, 7) is 14.1. The van der Waals surface area contributed by atoms with Crippen LogP contribution in [0.4, 0.5) is 10.6 Å². The van der Waals surface area contributed by atoms with Crippen LogP contribution in [0.5, 0.6) is 5.75 Å². The van der Waals surface area contributed by atoms with E-state index in [1.807, 2.05) is 32.9 Å². The molecule has 246 valence electrons. The largest absolute Gasteiger partial charge is 0.493 e. The maximum absolute atomic E-state index is 12.8. The first-order valence-electron chi connectivity index (χ1n) is 16.7. The molecule has 45 heavy (non-hydrogen) atoms. The van der Waals surface area contributed by atoms with Gasteiger partial charge in [-0.15, -0.1) is 0 Å². The Balaban J connectivity index is 1.09. The van der Waals surface area contributed by atoms with Gasteiger partial charge in [0.2, 0.25) is 0 Å². The molecule has 0 unspecified atom stereocenters. The number of carbonyl (C=O) groups is 2. The number of likely N-dealkylation sites (tertiary alicyclic amines) is 1. The van der Waals surface area contributed by atoms with Gasteiger partial charge in [0, 0.05) is 22.7 Å². The lowest BCUT2D eigenvalue weighted by molar-refractivity contribution is -0.140. The number of halogens is 1. The summed E-state index contributed by atoms with van der Waals surface area (Å²) in [5.74, 6) is 0.145. The zero-order valence-electron chi connectivity index (χ0n) is 27.7. The van der Waals surface area contributed by atoms with Crippen molar-refractivity contribution in [3.8, 4) is 5.75 Å². The minimum atomic E-state index is -0.809. The van der Waals surface area contributed by atoms with Crippen molar-refractivity contribution in [2.24, 2.45) is 11.3 Å². The van der Waals surface area contributed by atoms with Crippen molar-refractivity contribution in [3.63, 3.8) is 0 Å². The quantitative estimate of drug-likeness (QED) is 0.281. The second-order valence-electron chi connectivity index (χ2n) is 14.9. The van der Waals surface area contributed by atoms with Gasteiger partial charge >= 0.3 is 12.1 Å². The number of unbranched alkanes of at least 4 members (excludes halogenated alkanes) is 2. The number of carbonyl (C=O) groups excluding carboxylic acids is 1. The fourth-order valence-electron chi connectivity index (χ4n) is 6.99. The van der Waals surface area contributed by atoms with Crippen LogP contribution in [0.15, 0.2) is 24.3 Å². The Morgan fingerprint density at radius 2 is 1.87 bits per heavy atom. The number of nitrogens with zero attached hydrogens (tertiary/aromatic N) is 3. The molecule has 3 aliphatic heterocycles. The molecule has 9 heteroatoms. The van der Waals surface area contributed by atoms with Gasteiger partial charge in [-0.05, 0) is 133 Å². The Morgan fingerprint density at radius 3 is 2.58 bits per heavy atom. The van der Waals surface area contributed by atoms with E-state index in [0.717, 1.165) is 106 Å². The monoisotopic (exact) mass is 639 g/mol. The van der Waals surface area contributed by atoms with Gasteiger partial charge in [-0.2, -0.15) is 0 Å². The zero-order chi connectivity index (χ0) is 32.4. The summed E-state index contributed by atoms with van der Waals surface area (Å²) in [7, 11) is 0. The first-order chi connectivity index (χ1) is 21.3. The van der Waals surface area contributed by atoms with Crippen molar-refractivity contribution in [2.45, 2.75) is 104 Å². The SMILES string of the molecule is CC1(C)COc2cc([C@@H](C(=O)O)C3CCN(CCCCCc4ccc5c(n4)N(C(=O)OC(C)(C)C)CCC5)CC3)c(Cl)cc2C1. The number of hydrogen-bond acceptors (Lipinski definition) is 6. The molecule has 1 atom stereocenters. The topological polar surface area (TPSA) is 92.2 Å². The summed E-state index contributed by atoms with van der Waals surface area (Å²) in [5, 5.41) is 10.8. The van der Waals surface area contributed by atoms with E-state index < -0.39 is 17.5 Å². The number of pyridine rings is 1. The lowest BCUT2D eigenvalue weighted by Gasteiger charge is -2.36. The number of benzene rings is 1. The highest BCUT2D eigenvalue weighted by Crippen LogP contribution is 2.42. The van der Waals surface area contributed by atoms with Crippen LogP contribution in [0.3, 0.4) is 0 Å². The summed E-state index contributed by atoms with van der Waals surface area (Å²) in [6, 6.07) is 8.04. The summed E-state index contributed by atoms with van der Waals surface area (Å²) < 4.78 is 11.7. The Bertz CT molecular complexity index is 1380. The number of rotatable bonds is 9. The fourth-order valence-corrected chi connectivity index (χ4v) is 7.29. The van der Waals surface area contributed by atoms with Crippen LogP contribution in [0.1, 0.15) is 101 Å². The number of carboxylic acid groups (broad SMARTS) is 1. The number of ether oxygens (including phenoxy) is 2. The van der Waals surface area contributed by atoms with Crippen molar-refractivity contribution >= 4 is 29.5 Å². The smallest absolute Gasteiger partial charge is 0.416 e. The minimum Gasteiger partial charge on any atom is -0.493 e. The van der Waals surface area contributed by atoms with Crippen molar-refractivity contribution in [3.05, 3.63) is 51.7 Å². The number of carboxylic acids is 1. The summed E-state index contributed by atoms with van der Waals surface area (Å²) in [5.41, 5.74) is 3.37. The summed E-state index contributed by atoms with van der Waals surface area (Å²) >= 11 is 6.71. The van der Waals surface area contributed by atoms with Gasteiger partial charge in [0.1, 0.15) is 17.2 Å². The van der Waals surface area contributed by atoms with Crippen LogP contribution in [0, 0.1) is 11.3 Å². The van der Waals surface area contributed by atoms with E-state index in [-0.39, 0.29) is 17.4 Å². The maximum atomic E-state index is 12.8. The third-order valence-corrected chi connectivity index (χ3v) is 9.62.